The molecule has 28 heavy (non-hydrogen) atoms. The summed E-state index contributed by atoms with van der Waals surface area (Å²) >= 11 is 0. The molecule has 1 aliphatic rings. The maximum Gasteiger partial charge on any atom is 0.326 e. The van der Waals surface area contributed by atoms with E-state index >= 15 is 0 Å². The zero-order chi connectivity index (χ0) is 20.1. The molecule has 0 unspecified atom stereocenters. The van der Waals surface area contributed by atoms with Crippen LogP contribution in [-0.4, -0.2) is 57.3 Å². The highest BCUT2D eigenvalue weighted by molar-refractivity contribution is 5.79. The lowest BCUT2D eigenvalue weighted by Gasteiger charge is -2.32. The van der Waals surface area contributed by atoms with Gasteiger partial charge in [0.15, 0.2) is 0 Å². The number of nitrogens with zero attached hydrogens (tertiary/aromatic N) is 3. The van der Waals surface area contributed by atoms with Gasteiger partial charge in [0, 0.05) is 45.1 Å². The quantitative estimate of drug-likeness (QED) is 0.794. The normalized spacial score (nSPS) is 15.1. The highest BCUT2D eigenvalue weighted by atomic mass is 16.2. The molecule has 0 saturated carbocycles. The van der Waals surface area contributed by atoms with E-state index in [0.29, 0.717) is 45.4 Å². The van der Waals surface area contributed by atoms with Gasteiger partial charge in [-0.3, -0.25) is 14.2 Å². The van der Waals surface area contributed by atoms with E-state index in [2.05, 4.69) is 4.98 Å². The summed E-state index contributed by atoms with van der Waals surface area (Å²) in [5.74, 6) is 0.229. The Kier molecular flexibility index (Phi) is 6.54. The van der Waals surface area contributed by atoms with Crippen molar-refractivity contribution in [3.05, 3.63) is 34.7 Å². The van der Waals surface area contributed by atoms with Crippen LogP contribution in [0.4, 0.5) is 0 Å². The molecule has 1 aromatic carbocycles. The van der Waals surface area contributed by atoms with E-state index in [-0.39, 0.29) is 23.5 Å². The molecule has 152 valence electrons. The summed E-state index contributed by atoms with van der Waals surface area (Å²) in [4.78, 5) is 43.5. The Labute approximate surface area is 165 Å². The Morgan fingerprint density at radius 3 is 2.46 bits per heavy atom. The molecule has 0 radical (unpaired) electrons. The molecule has 1 N–H and O–H groups in total. The number of likely N-dealkylation sites (tertiary alicyclic amines) is 1. The number of H-pyrrole nitrogens is 1. The van der Waals surface area contributed by atoms with Gasteiger partial charge in [-0.2, -0.15) is 0 Å². The van der Waals surface area contributed by atoms with E-state index in [1.165, 1.54) is 0 Å². The Balaban J connectivity index is 1.51. The van der Waals surface area contributed by atoms with E-state index in [4.69, 9.17) is 0 Å². The van der Waals surface area contributed by atoms with Crippen LogP contribution >= 0.6 is 0 Å². The Morgan fingerprint density at radius 2 is 1.79 bits per heavy atom. The predicted molar refractivity (Wildman–Crippen MR) is 109 cm³/mol. The highest BCUT2D eigenvalue weighted by Crippen LogP contribution is 2.25. The van der Waals surface area contributed by atoms with Crippen molar-refractivity contribution >= 4 is 22.8 Å². The number of aromatic amines is 1. The van der Waals surface area contributed by atoms with Crippen molar-refractivity contribution in [3.63, 3.8) is 0 Å². The lowest BCUT2D eigenvalue weighted by molar-refractivity contribution is -0.133. The number of para-hydroxylation sites is 2. The van der Waals surface area contributed by atoms with E-state index in [9.17, 15) is 14.4 Å². The van der Waals surface area contributed by atoms with Gasteiger partial charge in [-0.1, -0.05) is 12.1 Å². The fourth-order valence-electron chi connectivity index (χ4n) is 4.09. The summed E-state index contributed by atoms with van der Waals surface area (Å²) in [6.45, 7) is 6.67. The lowest BCUT2D eigenvalue weighted by Crippen LogP contribution is -2.40. The molecule has 0 atom stereocenters. The Bertz CT molecular complexity index is 873. The number of imidazole rings is 1. The number of nitrogens with one attached hydrogen (secondary N) is 1. The molecule has 0 aliphatic carbocycles. The molecule has 1 aliphatic heterocycles. The number of rotatable bonds is 7. The second kappa shape index (κ2) is 9.08. The third-order valence-corrected chi connectivity index (χ3v) is 5.70. The number of carbonyl (C=O) groups is 2. The maximum atomic E-state index is 12.5. The van der Waals surface area contributed by atoms with Gasteiger partial charge < -0.3 is 14.8 Å². The molecule has 2 aromatic rings. The van der Waals surface area contributed by atoms with Crippen molar-refractivity contribution in [1.82, 2.24) is 19.4 Å². The van der Waals surface area contributed by atoms with Crippen LogP contribution < -0.4 is 5.69 Å². The first-order valence-corrected chi connectivity index (χ1v) is 10.3. The molecule has 1 saturated heterocycles. The van der Waals surface area contributed by atoms with E-state index in [0.717, 1.165) is 23.9 Å². The van der Waals surface area contributed by atoms with Crippen molar-refractivity contribution in [3.8, 4) is 0 Å². The highest BCUT2D eigenvalue weighted by Gasteiger charge is 2.26. The van der Waals surface area contributed by atoms with Crippen molar-refractivity contribution in [2.45, 2.75) is 52.0 Å². The predicted octanol–water partition coefficient (Wildman–Crippen LogP) is 2.53. The molecule has 1 aromatic heterocycles. The average molecular weight is 386 g/mol. The van der Waals surface area contributed by atoms with Gasteiger partial charge >= 0.3 is 5.69 Å². The molecule has 1 fully saturated rings. The number of amides is 2. The lowest BCUT2D eigenvalue weighted by atomic mass is 10.0. The smallest absolute Gasteiger partial charge is 0.326 e. The van der Waals surface area contributed by atoms with E-state index < -0.39 is 0 Å². The molecule has 7 nitrogen and oxygen atoms in total. The summed E-state index contributed by atoms with van der Waals surface area (Å²) in [6, 6.07) is 7.82. The molecule has 0 bridgehead atoms. The minimum Gasteiger partial charge on any atom is -0.343 e. The van der Waals surface area contributed by atoms with Gasteiger partial charge in [-0.15, -0.1) is 0 Å². The first kappa shape index (κ1) is 20.2. The summed E-state index contributed by atoms with van der Waals surface area (Å²) in [6.07, 6.45) is 2.97. The van der Waals surface area contributed by atoms with Crippen molar-refractivity contribution < 1.29 is 9.59 Å². The van der Waals surface area contributed by atoms with Crippen molar-refractivity contribution in [1.29, 1.82) is 0 Å². The average Bonchev–Trinajstić information content (AvgIpc) is 3.04. The van der Waals surface area contributed by atoms with Gasteiger partial charge in [0.2, 0.25) is 11.8 Å². The molecule has 3 rings (SSSR count). The zero-order valence-corrected chi connectivity index (χ0v) is 16.8. The molecular formula is C21H30N4O3. The molecule has 7 heteroatoms. The molecule has 0 spiro atoms. The fourth-order valence-corrected chi connectivity index (χ4v) is 4.09. The number of aromatic nitrogens is 2. The standard InChI is InChI=1S/C21H30N4O3/c1-3-23(4-2)19(26)10-7-11-20(27)24-14-12-16(13-15-24)25-18-9-6-5-8-17(18)22-21(25)28/h5-6,8-9,16H,3-4,7,10-15H2,1-2H3,(H,22,28). The number of hydrogen-bond donors (Lipinski definition) is 1. The van der Waals surface area contributed by atoms with Crippen LogP contribution in [0.15, 0.2) is 29.1 Å². The van der Waals surface area contributed by atoms with Gasteiger partial charge in [-0.05, 0) is 45.2 Å². The molecule has 2 heterocycles. The third kappa shape index (κ3) is 4.29. The van der Waals surface area contributed by atoms with Crippen LogP contribution in [0.2, 0.25) is 0 Å². The summed E-state index contributed by atoms with van der Waals surface area (Å²) in [7, 11) is 0. The van der Waals surface area contributed by atoms with Gasteiger partial charge in [0.25, 0.3) is 0 Å². The SMILES string of the molecule is CCN(CC)C(=O)CCCC(=O)N1CCC(n2c(=O)[nH]c3ccccc32)CC1. The topological polar surface area (TPSA) is 78.4 Å². The largest absolute Gasteiger partial charge is 0.343 e. The first-order valence-electron chi connectivity index (χ1n) is 10.3. The van der Waals surface area contributed by atoms with Crippen LogP contribution in [0, 0.1) is 0 Å². The van der Waals surface area contributed by atoms with Gasteiger partial charge in [-0.25, -0.2) is 4.79 Å². The summed E-state index contributed by atoms with van der Waals surface area (Å²) < 4.78 is 1.83. The van der Waals surface area contributed by atoms with Gasteiger partial charge in [0.05, 0.1) is 11.0 Å². The third-order valence-electron chi connectivity index (χ3n) is 5.70. The van der Waals surface area contributed by atoms with Crippen LogP contribution in [-0.2, 0) is 9.59 Å². The second-order valence-corrected chi connectivity index (χ2v) is 7.35. The van der Waals surface area contributed by atoms with Crippen LogP contribution in [0.25, 0.3) is 11.0 Å². The van der Waals surface area contributed by atoms with E-state index in [1.807, 2.05) is 47.6 Å². The fraction of sp³-hybridized carbons (Fsp3) is 0.571. The van der Waals surface area contributed by atoms with Crippen LogP contribution in [0.3, 0.4) is 0 Å². The van der Waals surface area contributed by atoms with E-state index in [1.54, 1.807) is 4.90 Å². The van der Waals surface area contributed by atoms with Gasteiger partial charge in [0.1, 0.15) is 0 Å². The second-order valence-electron chi connectivity index (χ2n) is 7.35. The maximum absolute atomic E-state index is 12.5. The summed E-state index contributed by atoms with van der Waals surface area (Å²) in [5, 5.41) is 0. The first-order chi connectivity index (χ1) is 13.5. The number of benzene rings is 1. The number of carbonyl (C=O) groups excluding carboxylic acids is 2. The zero-order valence-electron chi connectivity index (χ0n) is 16.8. The summed E-state index contributed by atoms with van der Waals surface area (Å²) in [5.41, 5.74) is 1.69. The van der Waals surface area contributed by atoms with Crippen LogP contribution in [0.1, 0.15) is 52.0 Å². The van der Waals surface area contributed by atoms with Crippen molar-refractivity contribution in [2.24, 2.45) is 0 Å². The van der Waals surface area contributed by atoms with Crippen LogP contribution in [0.5, 0.6) is 0 Å². The number of fused-ring (bicyclic) bond motifs is 1. The molecule has 2 amide bonds. The number of piperidine rings is 1. The Hall–Kier alpha value is -2.57. The monoisotopic (exact) mass is 386 g/mol. The minimum absolute atomic E-state index is 0.0825. The Morgan fingerprint density at radius 1 is 1.11 bits per heavy atom. The van der Waals surface area contributed by atoms with Crippen molar-refractivity contribution in [2.75, 3.05) is 26.2 Å². The molecular weight excluding hydrogens is 356 g/mol. The number of hydrogen-bond acceptors (Lipinski definition) is 3. The minimum atomic E-state index is -0.0825.